The summed E-state index contributed by atoms with van der Waals surface area (Å²) in [5.74, 6) is 1.33. The lowest BCUT2D eigenvalue weighted by atomic mass is 10.0. The second kappa shape index (κ2) is 5.67. The molecule has 1 saturated carbocycles. The Morgan fingerprint density at radius 3 is 2.64 bits per heavy atom. The molecule has 3 fully saturated rings. The van der Waals surface area contributed by atoms with Gasteiger partial charge in [0.2, 0.25) is 5.95 Å². The maximum atomic E-state index is 12.7. The van der Waals surface area contributed by atoms with Crippen LogP contribution in [0, 0.1) is 13.8 Å². The van der Waals surface area contributed by atoms with Crippen LogP contribution in [-0.2, 0) is 4.74 Å². The SMILES string of the molecule is Cc1cc(C2CC2)cc(C)c1-n1cc2c(=O)[nH]c(N3C[C@H]4C[C@@H]3CO4)nc2n1. The summed E-state index contributed by atoms with van der Waals surface area (Å²) in [5, 5.41) is 5.20. The van der Waals surface area contributed by atoms with Crippen LogP contribution < -0.4 is 10.5 Å². The van der Waals surface area contributed by atoms with Gasteiger partial charge in [-0.3, -0.25) is 9.78 Å². The molecule has 2 bridgehead atoms. The van der Waals surface area contributed by atoms with E-state index in [0.717, 1.165) is 24.6 Å². The van der Waals surface area contributed by atoms with Crippen LogP contribution in [0.25, 0.3) is 16.7 Å². The van der Waals surface area contributed by atoms with E-state index < -0.39 is 0 Å². The third-order valence-corrected chi connectivity index (χ3v) is 6.34. The first kappa shape index (κ1) is 16.3. The highest BCUT2D eigenvalue weighted by atomic mass is 16.5. The highest BCUT2D eigenvalue weighted by Gasteiger charge is 2.40. The van der Waals surface area contributed by atoms with Crippen molar-refractivity contribution in [3.05, 3.63) is 45.4 Å². The van der Waals surface area contributed by atoms with Gasteiger partial charge in [-0.2, -0.15) is 4.98 Å². The molecule has 2 saturated heterocycles. The number of aromatic nitrogens is 4. The fourth-order valence-corrected chi connectivity index (χ4v) is 4.82. The molecular formula is C21H23N5O2. The maximum absolute atomic E-state index is 12.7. The summed E-state index contributed by atoms with van der Waals surface area (Å²) in [6, 6.07) is 4.82. The number of nitrogens with zero attached hydrogens (tertiary/aromatic N) is 4. The zero-order valence-electron chi connectivity index (χ0n) is 16.1. The molecule has 2 aliphatic heterocycles. The topological polar surface area (TPSA) is 76.0 Å². The fraction of sp³-hybridized carbons (Fsp3) is 0.476. The maximum Gasteiger partial charge on any atom is 0.263 e. The van der Waals surface area contributed by atoms with Gasteiger partial charge in [-0.15, -0.1) is 5.10 Å². The first-order valence-corrected chi connectivity index (χ1v) is 10.1. The zero-order chi connectivity index (χ0) is 19.0. The van der Waals surface area contributed by atoms with E-state index in [9.17, 15) is 4.79 Å². The monoisotopic (exact) mass is 377 g/mol. The van der Waals surface area contributed by atoms with Crippen LogP contribution in [-0.4, -0.2) is 45.0 Å². The molecular weight excluding hydrogens is 354 g/mol. The lowest BCUT2D eigenvalue weighted by molar-refractivity contribution is 0.0986. The molecule has 1 aromatic carbocycles. The summed E-state index contributed by atoms with van der Waals surface area (Å²) in [4.78, 5) is 22.5. The Kier molecular flexibility index (Phi) is 3.30. The van der Waals surface area contributed by atoms with Crippen LogP contribution in [0.4, 0.5) is 5.95 Å². The van der Waals surface area contributed by atoms with Crippen LogP contribution >= 0.6 is 0 Å². The Labute approximate surface area is 162 Å². The largest absolute Gasteiger partial charge is 0.374 e. The third-order valence-electron chi connectivity index (χ3n) is 6.34. The summed E-state index contributed by atoms with van der Waals surface area (Å²) in [5.41, 5.74) is 5.17. The summed E-state index contributed by atoms with van der Waals surface area (Å²) in [6.07, 6.45) is 5.63. The number of aromatic amines is 1. The first-order valence-electron chi connectivity index (χ1n) is 10.1. The number of rotatable bonds is 3. The number of hydrogen-bond donors (Lipinski definition) is 1. The molecule has 3 aromatic rings. The van der Waals surface area contributed by atoms with Crippen LogP contribution in [0.5, 0.6) is 0 Å². The molecule has 0 spiro atoms. The summed E-state index contributed by atoms with van der Waals surface area (Å²) >= 11 is 0. The molecule has 3 aliphatic rings. The molecule has 144 valence electrons. The Hall–Kier alpha value is -2.67. The van der Waals surface area contributed by atoms with Crippen LogP contribution in [0.15, 0.2) is 23.1 Å². The second-order valence-electron chi connectivity index (χ2n) is 8.48. The van der Waals surface area contributed by atoms with Crippen LogP contribution in [0.3, 0.4) is 0 Å². The van der Waals surface area contributed by atoms with E-state index in [4.69, 9.17) is 4.74 Å². The molecule has 0 radical (unpaired) electrons. The van der Waals surface area contributed by atoms with Gasteiger partial charge < -0.3 is 9.64 Å². The van der Waals surface area contributed by atoms with Gasteiger partial charge in [0.25, 0.3) is 5.56 Å². The standard InChI is InChI=1S/C21H23N5O2/c1-11-5-14(13-3-4-13)6-12(2)18(11)26-9-17-19(24-26)22-21(23-20(17)27)25-8-16-7-15(25)10-28-16/h5-6,9,13,15-16H,3-4,7-8,10H2,1-2H3,(H,22,23,24,27)/t15-,16-/m1/s1. The minimum Gasteiger partial charge on any atom is -0.374 e. The first-order chi connectivity index (χ1) is 13.6. The van der Waals surface area contributed by atoms with Crippen molar-refractivity contribution in [1.29, 1.82) is 0 Å². The van der Waals surface area contributed by atoms with Gasteiger partial charge in [0, 0.05) is 12.7 Å². The van der Waals surface area contributed by atoms with E-state index >= 15 is 0 Å². The summed E-state index contributed by atoms with van der Waals surface area (Å²) < 4.78 is 7.48. The Balaban J connectivity index is 1.44. The van der Waals surface area contributed by atoms with Crippen LogP contribution in [0.1, 0.15) is 41.9 Å². The predicted molar refractivity (Wildman–Crippen MR) is 106 cm³/mol. The number of aryl methyl sites for hydroxylation is 2. The normalized spacial score (nSPS) is 23.9. The van der Waals surface area contributed by atoms with Gasteiger partial charge in [-0.1, -0.05) is 12.1 Å². The van der Waals surface area contributed by atoms with Gasteiger partial charge in [0.05, 0.1) is 24.4 Å². The molecule has 2 aromatic heterocycles. The zero-order valence-corrected chi connectivity index (χ0v) is 16.1. The van der Waals surface area contributed by atoms with Crippen molar-refractivity contribution in [2.75, 3.05) is 18.1 Å². The minimum absolute atomic E-state index is 0.139. The molecule has 0 amide bonds. The van der Waals surface area contributed by atoms with Crippen molar-refractivity contribution in [2.24, 2.45) is 0 Å². The number of hydrogen-bond acceptors (Lipinski definition) is 5. The predicted octanol–water partition coefficient (Wildman–Crippen LogP) is 2.58. The molecule has 28 heavy (non-hydrogen) atoms. The molecule has 1 N–H and O–H groups in total. The van der Waals surface area contributed by atoms with Crippen molar-refractivity contribution in [3.63, 3.8) is 0 Å². The highest BCUT2D eigenvalue weighted by molar-refractivity contribution is 5.75. The average Bonchev–Trinajstić information content (AvgIpc) is 3.08. The Morgan fingerprint density at radius 1 is 1.21 bits per heavy atom. The number of ether oxygens (including phenoxy) is 1. The van der Waals surface area contributed by atoms with Gasteiger partial charge in [-0.05, 0) is 55.7 Å². The van der Waals surface area contributed by atoms with E-state index in [1.165, 1.54) is 29.5 Å². The Morgan fingerprint density at radius 2 is 2.00 bits per heavy atom. The van der Waals surface area contributed by atoms with Gasteiger partial charge in [-0.25, -0.2) is 4.68 Å². The molecule has 4 heterocycles. The number of anilines is 1. The molecule has 2 atom stereocenters. The van der Waals surface area contributed by atoms with E-state index in [1.54, 1.807) is 6.20 Å². The van der Waals surface area contributed by atoms with E-state index in [2.05, 4.69) is 45.9 Å². The lowest BCUT2D eigenvalue weighted by Gasteiger charge is -2.26. The summed E-state index contributed by atoms with van der Waals surface area (Å²) in [6.45, 7) is 5.71. The van der Waals surface area contributed by atoms with Gasteiger partial charge in [0.1, 0.15) is 5.39 Å². The van der Waals surface area contributed by atoms with E-state index in [-0.39, 0.29) is 11.7 Å². The van der Waals surface area contributed by atoms with Crippen LogP contribution in [0.2, 0.25) is 0 Å². The molecule has 6 rings (SSSR count). The number of H-pyrrole nitrogens is 1. The van der Waals surface area contributed by atoms with Crippen molar-refractivity contribution >= 4 is 17.0 Å². The molecule has 7 nitrogen and oxygen atoms in total. The number of morpholine rings is 1. The Bertz CT molecular complexity index is 1140. The molecule has 7 heteroatoms. The second-order valence-corrected chi connectivity index (χ2v) is 8.48. The number of nitrogens with one attached hydrogen (secondary N) is 1. The van der Waals surface area contributed by atoms with E-state index in [0.29, 0.717) is 29.6 Å². The van der Waals surface area contributed by atoms with E-state index in [1.807, 2.05) is 4.68 Å². The van der Waals surface area contributed by atoms with Gasteiger partial charge in [0.15, 0.2) is 5.65 Å². The van der Waals surface area contributed by atoms with Crippen molar-refractivity contribution in [3.8, 4) is 5.69 Å². The van der Waals surface area contributed by atoms with Gasteiger partial charge >= 0.3 is 0 Å². The van der Waals surface area contributed by atoms with Crippen molar-refractivity contribution in [2.45, 2.75) is 51.2 Å². The highest BCUT2D eigenvalue weighted by Crippen LogP contribution is 2.41. The minimum atomic E-state index is -0.139. The smallest absolute Gasteiger partial charge is 0.263 e. The fourth-order valence-electron chi connectivity index (χ4n) is 4.82. The third kappa shape index (κ3) is 2.42. The summed E-state index contributed by atoms with van der Waals surface area (Å²) in [7, 11) is 0. The number of fused-ring (bicyclic) bond motifs is 3. The molecule has 0 unspecified atom stereocenters. The average molecular weight is 377 g/mol. The lowest BCUT2D eigenvalue weighted by Crippen LogP contribution is -2.38. The van der Waals surface area contributed by atoms with Crippen molar-refractivity contribution < 1.29 is 4.74 Å². The quantitative estimate of drug-likeness (QED) is 0.759. The number of benzene rings is 1. The van der Waals surface area contributed by atoms with Crippen molar-refractivity contribution in [1.82, 2.24) is 19.7 Å². The molecule has 1 aliphatic carbocycles.